The number of anilines is 1. The van der Waals surface area contributed by atoms with Gasteiger partial charge in [-0.15, -0.1) is 11.3 Å². The van der Waals surface area contributed by atoms with Crippen LogP contribution in [-0.2, 0) is 12.8 Å². The lowest BCUT2D eigenvalue weighted by Crippen LogP contribution is -2.33. The van der Waals surface area contributed by atoms with E-state index in [4.69, 9.17) is 21.3 Å². The van der Waals surface area contributed by atoms with Crippen molar-refractivity contribution in [1.29, 1.82) is 0 Å². The van der Waals surface area contributed by atoms with Crippen molar-refractivity contribution in [3.05, 3.63) is 98.1 Å². The number of amides is 1. The fourth-order valence-electron chi connectivity index (χ4n) is 5.37. The van der Waals surface area contributed by atoms with Gasteiger partial charge >= 0.3 is 0 Å². The summed E-state index contributed by atoms with van der Waals surface area (Å²) in [6.45, 7) is 3.72. The van der Waals surface area contributed by atoms with Crippen LogP contribution in [0.1, 0.15) is 40.9 Å². The number of allylic oxidation sites excluding steroid dienone is 1. The molecule has 2 atom stereocenters. The maximum absolute atomic E-state index is 12.8. The van der Waals surface area contributed by atoms with E-state index in [-0.39, 0.29) is 11.4 Å². The average molecular weight is 640 g/mol. The van der Waals surface area contributed by atoms with Gasteiger partial charge in [0.25, 0.3) is 5.91 Å². The Balaban J connectivity index is 1.09. The first-order valence-electron chi connectivity index (χ1n) is 13.8. The second-order valence-electron chi connectivity index (χ2n) is 10.7. The number of hydrogen-bond acceptors (Lipinski definition) is 6. The highest BCUT2D eigenvalue weighted by Crippen LogP contribution is 2.54. The van der Waals surface area contributed by atoms with E-state index in [2.05, 4.69) is 73.3 Å². The average Bonchev–Trinajstić information content (AvgIpc) is 3.27. The van der Waals surface area contributed by atoms with Crippen molar-refractivity contribution in [2.45, 2.75) is 37.6 Å². The van der Waals surface area contributed by atoms with E-state index in [9.17, 15) is 4.79 Å². The van der Waals surface area contributed by atoms with E-state index in [1.165, 1.54) is 18.4 Å². The summed E-state index contributed by atoms with van der Waals surface area (Å²) in [4.78, 5) is 20.0. The number of rotatable bonds is 11. The zero-order valence-electron chi connectivity index (χ0n) is 22.2. The minimum atomic E-state index is -0.238. The van der Waals surface area contributed by atoms with Crippen LogP contribution in [-0.4, -0.2) is 47.5 Å². The molecule has 3 aliphatic rings. The zero-order chi connectivity index (χ0) is 27.5. The van der Waals surface area contributed by atoms with Gasteiger partial charge in [0.05, 0.1) is 20.7 Å². The Morgan fingerprint density at radius 3 is 2.83 bits per heavy atom. The molecule has 208 valence electrons. The van der Waals surface area contributed by atoms with Crippen LogP contribution >= 0.6 is 38.9 Å². The maximum Gasteiger partial charge on any atom is 0.251 e. The first-order valence-corrected chi connectivity index (χ1v) is 15.9. The molecule has 0 radical (unpaired) electrons. The molecule has 3 aromatic rings. The molecule has 2 aromatic carbocycles. The number of ether oxygens (including phenoxy) is 1. The first kappa shape index (κ1) is 27.5. The molecule has 6 nitrogen and oxygen atoms in total. The Kier molecular flexibility index (Phi) is 8.30. The number of thiazole rings is 1. The van der Waals surface area contributed by atoms with E-state index >= 15 is 0 Å². The lowest BCUT2D eigenvalue weighted by Gasteiger charge is -2.21. The molecule has 2 heterocycles. The Bertz CT molecular complexity index is 1440. The molecule has 1 aliphatic heterocycles. The molecule has 6 rings (SSSR count). The highest BCUT2D eigenvalue weighted by Gasteiger charge is 2.54. The second kappa shape index (κ2) is 12.1. The van der Waals surface area contributed by atoms with Gasteiger partial charge < -0.3 is 20.3 Å². The fourth-order valence-corrected chi connectivity index (χ4v) is 6.88. The number of carbonyl (C=O) groups excluding carboxylic acids is 1. The quantitative estimate of drug-likeness (QED) is 0.241. The standard InChI is InChI=1S/C31H32BrClN4O2S/c32-25-17-23-18-31(23,36-30-35-24(20-40-30)10-8-21-6-2-1-3-7-21)19-28(25)39-27-16-22(9-11-26(27)33)29(38)34-12-15-37-13-4-5-14-37/h1-3,6-7,9,11,16-17,19-20,23H,4-5,8,10,12-15,18H2,(H,34,38)(H,35,36). The van der Waals surface area contributed by atoms with Crippen LogP contribution in [0.2, 0.25) is 5.02 Å². The number of carbonyl (C=O) groups is 1. The van der Waals surface area contributed by atoms with Crippen LogP contribution in [0.4, 0.5) is 5.13 Å². The minimum absolute atomic E-state index is 0.125. The molecule has 1 saturated carbocycles. The predicted molar refractivity (Wildman–Crippen MR) is 166 cm³/mol. The molecular formula is C31H32BrClN4O2S. The summed E-state index contributed by atoms with van der Waals surface area (Å²) < 4.78 is 7.18. The van der Waals surface area contributed by atoms with Crippen LogP contribution in [0.3, 0.4) is 0 Å². The van der Waals surface area contributed by atoms with Gasteiger partial charge in [-0.3, -0.25) is 4.79 Å². The lowest BCUT2D eigenvalue weighted by molar-refractivity contribution is 0.0949. The van der Waals surface area contributed by atoms with Gasteiger partial charge in [-0.05, 0) is 91.0 Å². The van der Waals surface area contributed by atoms with Gasteiger partial charge in [0, 0.05) is 30.0 Å². The van der Waals surface area contributed by atoms with Gasteiger partial charge in [-0.2, -0.15) is 0 Å². The monoisotopic (exact) mass is 638 g/mol. The fraction of sp³-hybridized carbons (Fsp3) is 0.355. The van der Waals surface area contributed by atoms with E-state index in [0.717, 1.165) is 54.2 Å². The van der Waals surface area contributed by atoms with Gasteiger partial charge in [-0.25, -0.2) is 4.98 Å². The molecule has 2 N–H and O–H groups in total. The number of halogens is 2. The number of fused-ring (bicyclic) bond motifs is 1. The third-order valence-electron chi connectivity index (χ3n) is 7.76. The van der Waals surface area contributed by atoms with E-state index in [1.54, 1.807) is 29.5 Å². The van der Waals surface area contributed by atoms with E-state index < -0.39 is 0 Å². The molecular weight excluding hydrogens is 608 g/mol. The summed E-state index contributed by atoms with van der Waals surface area (Å²) in [7, 11) is 0. The third-order valence-corrected chi connectivity index (χ3v) is 9.53. The molecule has 1 saturated heterocycles. The summed E-state index contributed by atoms with van der Waals surface area (Å²) in [5, 5.41) is 10.2. The van der Waals surface area contributed by atoms with Crippen molar-refractivity contribution in [3.63, 3.8) is 0 Å². The summed E-state index contributed by atoms with van der Waals surface area (Å²) >= 11 is 11.8. The Morgan fingerprint density at radius 1 is 1.18 bits per heavy atom. The Morgan fingerprint density at radius 2 is 2.00 bits per heavy atom. The van der Waals surface area contributed by atoms with Gasteiger partial charge in [0.15, 0.2) is 5.13 Å². The van der Waals surface area contributed by atoms with Crippen molar-refractivity contribution in [2.75, 3.05) is 31.5 Å². The van der Waals surface area contributed by atoms with E-state index in [0.29, 0.717) is 34.6 Å². The number of nitrogens with one attached hydrogen (secondary N) is 2. The summed E-state index contributed by atoms with van der Waals surface area (Å²) in [6, 6.07) is 15.7. The molecule has 40 heavy (non-hydrogen) atoms. The molecule has 1 amide bonds. The van der Waals surface area contributed by atoms with Gasteiger partial charge in [0.2, 0.25) is 0 Å². The SMILES string of the molecule is O=C(NCCN1CCCC1)c1ccc(Cl)c(OC2=CC3(Nc4nc(CCc5ccccc5)cs4)CC3C=C2Br)c1. The minimum Gasteiger partial charge on any atom is -0.455 e. The number of benzene rings is 2. The van der Waals surface area contributed by atoms with Crippen LogP contribution in [0.25, 0.3) is 0 Å². The van der Waals surface area contributed by atoms with Gasteiger partial charge in [0.1, 0.15) is 11.5 Å². The third kappa shape index (κ3) is 6.46. The number of hydrogen-bond donors (Lipinski definition) is 2. The van der Waals surface area contributed by atoms with Crippen molar-refractivity contribution < 1.29 is 9.53 Å². The summed E-state index contributed by atoms with van der Waals surface area (Å²) in [5.41, 5.74) is 2.71. The Hall–Kier alpha value is -2.65. The normalized spacial score (nSPS) is 21.8. The topological polar surface area (TPSA) is 66.5 Å². The molecule has 2 aliphatic carbocycles. The summed E-state index contributed by atoms with van der Waals surface area (Å²) in [6.07, 6.45) is 9.62. The maximum atomic E-state index is 12.8. The zero-order valence-corrected chi connectivity index (χ0v) is 25.3. The number of nitrogens with zero attached hydrogens (tertiary/aromatic N) is 2. The number of aryl methyl sites for hydroxylation is 2. The second-order valence-corrected chi connectivity index (χ2v) is 12.8. The first-order chi connectivity index (χ1) is 19.5. The van der Waals surface area contributed by atoms with Crippen molar-refractivity contribution >= 4 is 49.9 Å². The smallest absolute Gasteiger partial charge is 0.251 e. The number of aromatic nitrogens is 1. The van der Waals surface area contributed by atoms with Crippen LogP contribution in [0.15, 0.2) is 76.3 Å². The molecule has 2 unspecified atom stereocenters. The van der Waals surface area contributed by atoms with Crippen molar-refractivity contribution in [3.8, 4) is 5.75 Å². The van der Waals surface area contributed by atoms with E-state index in [1.807, 2.05) is 6.07 Å². The van der Waals surface area contributed by atoms with Crippen LogP contribution < -0.4 is 15.4 Å². The molecule has 1 aromatic heterocycles. The lowest BCUT2D eigenvalue weighted by atomic mass is 10.1. The molecule has 0 bridgehead atoms. The molecule has 0 spiro atoms. The molecule has 2 fully saturated rings. The predicted octanol–water partition coefficient (Wildman–Crippen LogP) is 6.83. The largest absolute Gasteiger partial charge is 0.455 e. The molecule has 9 heteroatoms. The van der Waals surface area contributed by atoms with Crippen LogP contribution in [0, 0.1) is 5.92 Å². The Labute approximate surface area is 252 Å². The highest BCUT2D eigenvalue weighted by atomic mass is 79.9. The van der Waals surface area contributed by atoms with Crippen LogP contribution in [0.5, 0.6) is 5.75 Å². The van der Waals surface area contributed by atoms with Crippen molar-refractivity contribution in [1.82, 2.24) is 15.2 Å². The summed E-state index contributed by atoms with van der Waals surface area (Å²) in [5.74, 6) is 1.36. The van der Waals surface area contributed by atoms with Gasteiger partial charge in [-0.1, -0.05) is 48.0 Å². The van der Waals surface area contributed by atoms with Crippen molar-refractivity contribution in [2.24, 2.45) is 5.92 Å². The highest BCUT2D eigenvalue weighted by molar-refractivity contribution is 9.12. The number of likely N-dealkylation sites (tertiary alicyclic amines) is 1.